The highest BCUT2D eigenvalue weighted by Gasteiger charge is 2.26. The maximum atomic E-state index is 14.1. The van der Waals surface area contributed by atoms with Gasteiger partial charge in [0.1, 0.15) is 11.3 Å². The number of anilines is 1. The topological polar surface area (TPSA) is 100 Å². The molecule has 0 aliphatic carbocycles. The van der Waals surface area contributed by atoms with Crippen LogP contribution in [0.3, 0.4) is 0 Å². The van der Waals surface area contributed by atoms with Crippen LogP contribution in [0.25, 0.3) is 28.4 Å². The molecule has 0 N–H and O–H groups in total. The van der Waals surface area contributed by atoms with E-state index in [2.05, 4.69) is 24.9 Å². The summed E-state index contributed by atoms with van der Waals surface area (Å²) < 4.78 is 45.3. The Bertz CT molecular complexity index is 1310. The number of morpholine rings is 1. The first-order valence-corrected chi connectivity index (χ1v) is 10.5. The Balaban J connectivity index is 1.73. The van der Waals surface area contributed by atoms with Crippen LogP contribution in [0, 0.1) is 0 Å². The molecule has 34 heavy (non-hydrogen) atoms. The zero-order valence-electron chi connectivity index (χ0n) is 18.5. The molecule has 0 atom stereocenters. The van der Waals surface area contributed by atoms with Gasteiger partial charge in [-0.05, 0) is 18.2 Å². The van der Waals surface area contributed by atoms with Gasteiger partial charge in [0.05, 0.1) is 33.0 Å². The quantitative estimate of drug-likeness (QED) is 0.422. The molecule has 0 amide bonds. The Kier molecular flexibility index (Phi) is 5.88. The van der Waals surface area contributed by atoms with Crippen molar-refractivity contribution in [2.45, 2.75) is 6.43 Å². The lowest BCUT2D eigenvalue weighted by molar-refractivity contribution is 0.122. The number of methoxy groups -OCH3 is 2. The van der Waals surface area contributed by atoms with E-state index >= 15 is 0 Å². The molecule has 1 fully saturated rings. The van der Waals surface area contributed by atoms with E-state index in [1.807, 2.05) is 4.90 Å². The standard InChI is InChI=1S/C22H21F2N7O3/c1-32-15-5-3-4-14-17(15)26-20(18(23)24)31(14)22-28-19(13-6-7-16(33-2)25-12-13)27-21(29-22)30-8-10-34-11-9-30/h3-7,12,18H,8-11H2,1-2H3. The summed E-state index contributed by atoms with van der Waals surface area (Å²) in [5.74, 6) is 0.973. The number of aromatic nitrogens is 6. The van der Waals surface area contributed by atoms with Crippen molar-refractivity contribution in [3.05, 3.63) is 42.4 Å². The third-order valence-corrected chi connectivity index (χ3v) is 5.40. The Morgan fingerprint density at radius 2 is 1.74 bits per heavy atom. The molecular formula is C22H21F2N7O3. The van der Waals surface area contributed by atoms with Gasteiger partial charge in [-0.2, -0.15) is 15.0 Å². The lowest BCUT2D eigenvalue weighted by atomic mass is 10.2. The molecule has 3 aromatic heterocycles. The van der Waals surface area contributed by atoms with Gasteiger partial charge in [0.2, 0.25) is 17.8 Å². The minimum Gasteiger partial charge on any atom is -0.494 e. The molecule has 5 rings (SSSR count). The average molecular weight is 469 g/mol. The maximum Gasteiger partial charge on any atom is 0.296 e. The second-order valence-electron chi connectivity index (χ2n) is 7.38. The highest BCUT2D eigenvalue weighted by molar-refractivity contribution is 5.84. The second-order valence-corrected chi connectivity index (χ2v) is 7.38. The van der Waals surface area contributed by atoms with Crippen molar-refractivity contribution in [1.29, 1.82) is 0 Å². The van der Waals surface area contributed by atoms with E-state index in [-0.39, 0.29) is 11.8 Å². The van der Waals surface area contributed by atoms with Gasteiger partial charge in [0.15, 0.2) is 11.6 Å². The van der Waals surface area contributed by atoms with E-state index in [4.69, 9.17) is 14.2 Å². The van der Waals surface area contributed by atoms with E-state index in [0.29, 0.717) is 60.5 Å². The number of ether oxygens (including phenoxy) is 3. The lowest BCUT2D eigenvalue weighted by Crippen LogP contribution is -2.37. The van der Waals surface area contributed by atoms with Crippen LogP contribution >= 0.6 is 0 Å². The Morgan fingerprint density at radius 1 is 0.941 bits per heavy atom. The molecule has 10 nitrogen and oxygen atoms in total. The van der Waals surface area contributed by atoms with E-state index in [1.165, 1.54) is 18.8 Å². The number of hydrogen-bond acceptors (Lipinski definition) is 9. The third-order valence-electron chi connectivity index (χ3n) is 5.40. The van der Waals surface area contributed by atoms with Gasteiger partial charge in [0.25, 0.3) is 6.43 Å². The molecule has 0 bridgehead atoms. The average Bonchev–Trinajstić information content (AvgIpc) is 3.29. The normalized spacial score (nSPS) is 14.1. The molecule has 4 heterocycles. The van der Waals surface area contributed by atoms with Gasteiger partial charge in [-0.25, -0.2) is 18.7 Å². The number of fused-ring (bicyclic) bond motifs is 1. The van der Waals surface area contributed by atoms with Crippen molar-refractivity contribution >= 4 is 17.0 Å². The van der Waals surface area contributed by atoms with Crippen LogP contribution in [0.2, 0.25) is 0 Å². The van der Waals surface area contributed by atoms with Crippen LogP contribution in [0.5, 0.6) is 11.6 Å². The molecule has 0 spiro atoms. The largest absolute Gasteiger partial charge is 0.494 e. The van der Waals surface area contributed by atoms with E-state index in [9.17, 15) is 8.78 Å². The molecule has 0 radical (unpaired) electrons. The first-order valence-electron chi connectivity index (χ1n) is 10.5. The van der Waals surface area contributed by atoms with Gasteiger partial charge in [-0.15, -0.1) is 0 Å². The maximum absolute atomic E-state index is 14.1. The van der Waals surface area contributed by atoms with Gasteiger partial charge in [-0.3, -0.25) is 4.57 Å². The van der Waals surface area contributed by atoms with Crippen LogP contribution < -0.4 is 14.4 Å². The fourth-order valence-corrected chi connectivity index (χ4v) is 3.73. The van der Waals surface area contributed by atoms with Crippen molar-refractivity contribution in [2.24, 2.45) is 0 Å². The number of alkyl halides is 2. The first-order chi connectivity index (χ1) is 16.6. The fourth-order valence-electron chi connectivity index (χ4n) is 3.73. The molecule has 1 aromatic carbocycles. The molecular weight excluding hydrogens is 448 g/mol. The number of imidazole rings is 1. The molecule has 176 valence electrons. The summed E-state index contributed by atoms with van der Waals surface area (Å²) in [5.41, 5.74) is 1.27. The summed E-state index contributed by atoms with van der Waals surface area (Å²) in [5, 5.41) is 0. The van der Waals surface area contributed by atoms with Crippen LogP contribution in [0.1, 0.15) is 12.2 Å². The molecule has 12 heteroatoms. The molecule has 4 aromatic rings. The second kappa shape index (κ2) is 9.14. The summed E-state index contributed by atoms with van der Waals surface area (Å²) >= 11 is 0. The fraction of sp³-hybridized carbons (Fsp3) is 0.318. The predicted octanol–water partition coefficient (Wildman–Crippen LogP) is 3.06. The van der Waals surface area contributed by atoms with Crippen molar-refractivity contribution < 1.29 is 23.0 Å². The van der Waals surface area contributed by atoms with Crippen LogP contribution in [-0.4, -0.2) is 70.0 Å². The molecule has 1 saturated heterocycles. The summed E-state index contributed by atoms with van der Waals surface area (Å²) in [4.78, 5) is 24.0. The SMILES string of the molecule is COc1ccc(-c2nc(N3CCOCC3)nc(-n3c(C(F)F)nc4c(OC)cccc43)n2)cn1. The number of pyridine rings is 1. The molecule has 1 aliphatic heterocycles. The van der Waals surface area contributed by atoms with Gasteiger partial charge in [-0.1, -0.05) is 6.07 Å². The van der Waals surface area contributed by atoms with Crippen molar-refractivity contribution in [1.82, 2.24) is 29.5 Å². The predicted molar refractivity (Wildman–Crippen MR) is 119 cm³/mol. The summed E-state index contributed by atoms with van der Waals surface area (Å²) in [6, 6.07) is 8.46. The molecule has 1 aliphatic rings. The zero-order valence-corrected chi connectivity index (χ0v) is 18.5. The minimum absolute atomic E-state index is 0.0216. The van der Waals surface area contributed by atoms with Gasteiger partial charge < -0.3 is 19.1 Å². The zero-order chi connectivity index (χ0) is 23.7. The van der Waals surface area contributed by atoms with Crippen LogP contribution in [0.4, 0.5) is 14.7 Å². The van der Waals surface area contributed by atoms with E-state index in [1.54, 1.807) is 36.5 Å². The number of halogens is 2. The van der Waals surface area contributed by atoms with E-state index < -0.39 is 12.2 Å². The number of nitrogens with zero attached hydrogens (tertiary/aromatic N) is 7. The molecule has 0 saturated carbocycles. The lowest BCUT2D eigenvalue weighted by Gasteiger charge is -2.27. The highest BCUT2D eigenvalue weighted by Crippen LogP contribution is 2.32. The number of rotatable bonds is 6. The Labute approximate surface area is 193 Å². The Hall–Kier alpha value is -3.93. The number of benzene rings is 1. The minimum atomic E-state index is -2.87. The van der Waals surface area contributed by atoms with E-state index in [0.717, 1.165) is 0 Å². The van der Waals surface area contributed by atoms with Crippen molar-refractivity contribution in [3.63, 3.8) is 0 Å². The smallest absolute Gasteiger partial charge is 0.296 e. The molecule has 0 unspecified atom stereocenters. The highest BCUT2D eigenvalue weighted by atomic mass is 19.3. The monoisotopic (exact) mass is 469 g/mol. The van der Waals surface area contributed by atoms with Crippen molar-refractivity contribution in [2.75, 3.05) is 45.4 Å². The van der Waals surface area contributed by atoms with Gasteiger partial charge >= 0.3 is 0 Å². The summed E-state index contributed by atoms with van der Waals surface area (Å²) in [6.45, 7) is 2.13. The number of hydrogen-bond donors (Lipinski definition) is 0. The van der Waals surface area contributed by atoms with Crippen molar-refractivity contribution in [3.8, 4) is 29.0 Å². The van der Waals surface area contributed by atoms with Crippen LogP contribution in [-0.2, 0) is 4.74 Å². The van der Waals surface area contributed by atoms with Crippen LogP contribution in [0.15, 0.2) is 36.5 Å². The summed E-state index contributed by atoms with van der Waals surface area (Å²) in [6.07, 6.45) is -1.31. The Morgan fingerprint density at radius 3 is 2.41 bits per heavy atom. The number of para-hydroxylation sites is 1. The summed E-state index contributed by atoms with van der Waals surface area (Å²) in [7, 11) is 2.98. The van der Waals surface area contributed by atoms with Gasteiger partial charge in [0, 0.05) is 30.9 Å². The third kappa shape index (κ3) is 3.96. The first kappa shape index (κ1) is 21.9.